The fourth-order valence-corrected chi connectivity index (χ4v) is 7.63. The number of benzene rings is 3. The quantitative estimate of drug-likeness (QED) is 0.213. The molecule has 1 aliphatic rings. The van der Waals surface area contributed by atoms with Gasteiger partial charge in [0, 0.05) is 33.2 Å². The molecule has 0 unspecified atom stereocenters. The van der Waals surface area contributed by atoms with Crippen molar-refractivity contribution in [2.75, 3.05) is 18.0 Å². The van der Waals surface area contributed by atoms with E-state index in [1.165, 1.54) is 36.3 Å². The van der Waals surface area contributed by atoms with Crippen LogP contribution in [0.4, 0.5) is 5.69 Å². The SMILES string of the molecule is CC[C@@H](C(=O)NC1CCCCC1)N(Cc1c(Cl)cccc1Cl)C(=O)CN(c1cc(Cl)ccc1OC)S(=O)(=O)c1ccc(C)cc1. The highest BCUT2D eigenvalue weighted by molar-refractivity contribution is 7.92. The van der Waals surface area contributed by atoms with Crippen LogP contribution in [0.2, 0.25) is 15.1 Å². The van der Waals surface area contributed by atoms with Gasteiger partial charge in [-0.3, -0.25) is 13.9 Å². The summed E-state index contributed by atoms with van der Waals surface area (Å²) in [6.45, 7) is 2.89. The first kappa shape index (κ1) is 34.9. The molecule has 4 rings (SSSR count). The second-order valence-electron chi connectivity index (χ2n) is 11.1. The lowest BCUT2D eigenvalue weighted by Gasteiger charge is -2.35. The van der Waals surface area contributed by atoms with Gasteiger partial charge >= 0.3 is 0 Å². The van der Waals surface area contributed by atoms with Gasteiger partial charge in [-0.1, -0.05) is 84.8 Å². The Labute approximate surface area is 280 Å². The average Bonchev–Trinajstić information content (AvgIpc) is 3.01. The Morgan fingerprint density at radius 3 is 2.22 bits per heavy atom. The van der Waals surface area contributed by atoms with Crippen LogP contribution in [-0.2, 0) is 26.2 Å². The van der Waals surface area contributed by atoms with Gasteiger partial charge in [-0.15, -0.1) is 0 Å². The van der Waals surface area contributed by atoms with E-state index < -0.39 is 28.5 Å². The maximum Gasteiger partial charge on any atom is 0.264 e. The number of nitrogens with one attached hydrogen (secondary N) is 1. The number of halogens is 3. The predicted octanol–water partition coefficient (Wildman–Crippen LogP) is 7.42. The van der Waals surface area contributed by atoms with E-state index in [2.05, 4.69) is 5.32 Å². The second kappa shape index (κ2) is 15.5. The van der Waals surface area contributed by atoms with Crippen molar-refractivity contribution in [3.05, 3.63) is 86.9 Å². The Kier molecular flexibility index (Phi) is 12.0. The molecule has 0 bridgehead atoms. The van der Waals surface area contributed by atoms with Gasteiger partial charge in [0.05, 0.1) is 17.7 Å². The summed E-state index contributed by atoms with van der Waals surface area (Å²) in [7, 11) is -2.92. The number of carbonyl (C=O) groups excluding carboxylic acids is 2. The minimum absolute atomic E-state index is 0.00953. The maximum absolute atomic E-state index is 14.4. The summed E-state index contributed by atoms with van der Waals surface area (Å²) in [6.07, 6.45) is 5.17. The lowest BCUT2D eigenvalue weighted by atomic mass is 9.95. The van der Waals surface area contributed by atoms with E-state index in [1.54, 1.807) is 43.3 Å². The molecule has 0 radical (unpaired) electrons. The molecule has 0 aliphatic heterocycles. The number of anilines is 1. The van der Waals surface area contributed by atoms with Gasteiger partial charge in [0.1, 0.15) is 18.3 Å². The molecule has 12 heteroatoms. The van der Waals surface area contributed by atoms with E-state index in [1.807, 2.05) is 6.92 Å². The molecule has 3 aromatic rings. The number of hydrogen-bond donors (Lipinski definition) is 1. The summed E-state index contributed by atoms with van der Waals surface area (Å²) in [4.78, 5) is 29.5. The molecule has 1 N–H and O–H groups in total. The molecule has 1 fully saturated rings. The van der Waals surface area contributed by atoms with Crippen molar-refractivity contribution in [3.63, 3.8) is 0 Å². The van der Waals surface area contributed by atoms with Crippen LogP contribution in [0.5, 0.6) is 5.75 Å². The number of nitrogens with zero attached hydrogens (tertiary/aromatic N) is 2. The van der Waals surface area contributed by atoms with Crippen molar-refractivity contribution < 1.29 is 22.7 Å². The minimum atomic E-state index is -4.32. The number of methoxy groups -OCH3 is 1. The molecule has 1 atom stereocenters. The van der Waals surface area contributed by atoms with Gasteiger partial charge in [-0.25, -0.2) is 8.42 Å². The fraction of sp³-hybridized carbons (Fsp3) is 0.394. The Balaban J connectivity index is 1.79. The standard InChI is InChI=1S/C33H38Cl3N3O5S/c1-4-29(33(41)37-24-9-6-5-7-10-24)38(20-26-27(35)11-8-12-28(26)36)32(40)21-39(30-19-23(34)15-18-31(30)44-3)45(42,43)25-16-13-22(2)14-17-25/h8,11-19,24,29H,4-7,9-10,20-21H2,1-3H3,(H,37,41)/t29-/m0/s1. The third-order valence-corrected chi connectivity index (χ3v) is 10.7. The van der Waals surface area contributed by atoms with Crippen LogP contribution in [0.25, 0.3) is 0 Å². The Bertz CT molecular complexity index is 1590. The van der Waals surface area contributed by atoms with E-state index in [-0.39, 0.29) is 46.3 Å². The molecule has 0 aromatic heterocycles. The van der Waals surface area contributed by atoms with Crippen molar-refractivity contribution in [1.82, 2.24) is 10.2 Å². The maximum atomic E-state index is 14.4. The van der Waals surface area contributed by atoms with E-state index in [9.17, 15) is 18.0 Å². The minimum Gasteiger partial charge on any atom is -0.495 e. The Morgan fingerprint density at radius 1 is 0.978 bits per heavy atom. The third kappa shape index (κ3) is 8.44. The second-order valence-corrected chi connectivity index (χ2v) is 14.2. The van der Waals surface area contributed by atoms with Crippen LogP contribution in [0.1, 0.15) is 56.6 Å². The molecule has 2 amide bonds. The lowest BCUT2D eigenvalue weighted by Crippen LogP contribution is -2.54. The highest BCUT2D eigenvalue weighted by Gasteiger charge is 2.36. The first-order valence-electron chi connectivity index (χ1n) is 14.9. The zero-order valence-electron chi connectivity index (χ0n) is 25.6. The molecule has 3 aromatic carbocycles. The van der Waals surface area contributed by atoms with Gasteiger partial charge in [-0.2, -0.15) is 0 Å². The summed E-state index contributed by atoms with van der Waals surface area (Å²) >= 11 is 19.4. The topological polar surface area (TPSA) is 96.0 Å². The number of sulfonamides is 1. The van der Waals surface area contributed by atoms with Gasteiger partial charge in [-0.05, 0) is 68.7 Å². The molecule has 1 aliphatic carbocycles. The van der Waals surface area contributed by atoms with Crippen LogP contribution in [0.15, 0.2) is 65.6 Å². The highest BCUT2D eigenvalue weighted by Crippen LogP contribution is 2.35. The number of ether oxygens (including phenoxy) is 1. The summed E-state index contributed by atoms with van der Waals surface area (Å²) in [6, 6.07) is 14.9. The largest absolute Gasteiger partial charge is 0.495 e. The van der Waals surface area contributed by atoms with Gasteiger partial charge in [0.15, 0.2) is 0 Å². The summed E-state index contributed by atoms with van der Waals surface area (Å²) < 4.78 is 34.9. The average molecular weight is 695 g/mol. The first-order chi connectivity index (χ1) is 21.5. The summed E-state index contributed by atoms with van der Waals surface area (Å²) in [5.41, 5.74) is 1.40. The Hall–Kier alpha value is -2.98. The number of hydrogen-bond acceptors (Lipinski definition) is 5. The number of aryl methyl sites for hydroxylation is 1. The molecule has 1 saturated carbocycles. The van der Waals surface area contributed by atoms with Gasteiger partial charge < -0.3 is 15.0 Å². The molecule has 0 spiro atoms. The lowest BCUT2D eigenvalue weighted by molar-refractivity contribution is -0.140. The van der Waals surface area contributed by atoms with Gasteiger partial charge in [0.2, 0.25) is 11.8 Å². The predicted molar refractivity (Wildman–Crippen MR) is 180 cm³/mol. The molecule has 45 heavy (non-hydrogen) atoms. The smallest absolute Gasteiger partial charge is 0.264 e. The van der Waals surface area contributed by atoms with Gasteiger partial charge in [0.25, 0.3) is 10.0 Å². The van der Waals surface area contributed by atoms with E-state index in [4.69, 9.17) is 39.5 Å². The summed E-state index contributed by atoms with van der Waals surface area (Å²) in [5, 5.41) is 4.02. The van der Waals surface area contributed by atoms with E-state index in [0.717, 1.165) is 42.0 Å². The number of rotatable bonds is 12. The van der Waals surface area contributed by atoms with Crippen molar-refractivity contribution in [2.45, 2.75) is 75.9 Å². The third-order valence-electron chi connectivity index (χ3n) is 8.03. The normalized spacial score (nSPS) is 14.4. The van der Waals surface area contributed by atoms with E-state index >= 15 is 0 Å². The molecule has 242 valence electrons. The van der Waals surface area contributed by atoms with Crippen LogP contribution in [0.3, 0.4) is 0 Å². The van der Waals surface area contributed by atoms with Crippen molar-refractivity contribution in [1.29, 1.82) is 0 Å². The molecule has 0 heterocycles. The van der Waals surface area contributed by atoms with Crippen molar-refractivity contribution in [2.24, 2.45) is 0 Å². The number of carbonyl (C=O) groups is 2. The van der Waals surface area contributed by atoms with Crippen LogP contribution >= 0.6 is 34.8 Å². The number of amides is 2. The highest BCUT2D eigenvalue weighted by atomic mass is 35.5. The zero-order valence-corrected chi connectivity index (χ0v) is 28.6. The van der Waals surface area contributed by atoms with Crippen molar-refractivity contribution >= 4 is 62.3 Å². The monoisotopic (exact) mass is 693 g/mol. The van der Waals surface area contributed by atoms with Crippen LogP contribution < -0.4 is 14.4 Å². The Morgan fingerprint density at radius 2 is 1.62 bits per heavy atom. The van der Waals surface area contributed by atoms with Crippen LogP contribution in [0, 0.1) is 6.92 Å². The molecular weight excluding hydrogens is 657 g/mol. The zero-order chi connectivity index (χ0) is 32.7. The first-order valence-corrected chi connectivity index (χ1v) is 17.5. The molecule has 0 saturated heterocycles. The summed E-state index contributed by atoms with van der Waals surface area (Å²) in [5.74, 6) is -0.741. The molecule has 8 nitrogen and oxygen atoms in total. The van der Waals surface area contributed by atoms with E-state index in [0.29, 0.717) is 15.6 Å². The van der Waals surface area contributed by atoms with Crippen LogP contribution in [-0.4, -0.2) is 50.9 Å². The molecular formula is C33H38Cl3N3O5S. The van der Waals surface area contributed by atoms with Crippen molar-refractivity contribution in [3.8, 4) is 5.75 Å². The fourth-order valence-electron chi connectivity index (χ4n) is 5.53.